The zero-order valence-electron chi connectivity index (χ0n) is 14.5. The van der Waals surface area contributed by atoms with Crippen LogP contribution in [0.25, 0.3) is 0 Å². The summed E-state index contributed by atoms with van der Waals surface area (Å²) in [5, 5.41) is 0. The van der Waals surface area contributed by atoms with E-state index < -0.39 is 0 Å². The minimum absolute atomic E-state index is 0.230. The maximum atomic E-state index is 12.4. The Labute approximate surface area is 143 Å². The maximum absolute atomic E-state index is 12.4. The zero-order valence-corrected chi connectivity index (χ0v) is 14.5. The zero-order chi connectivity index (χ0) is 16.9. The maximum Gasteiger partial charge on any atom is 0.228 e. The normalized spacial score (nSPS) is 21.2. The van der Waals surface area contributed by atoms with Gasteiger partial charge in [-0.2, -0.15) is 4.98 Å². The Bertz CT molecular complexity index is 567. The molecule has 2 fully saturated rings. The van der Waals surface area contributed by atoms with Gasteiger partial charge in [0.15, 0.2) is 0 Å². The third kappa shape index (κ3) is 4.14. The smallest absolute Gasteiger partial charge is 0.228 e. The molecule has 2 aliphatic rings. The number of nitrogens with zero attached hydrogens (tertiary/aromatic N) is 4. The molecule has 7 nitrogen and oxygen atoms in total. The molecule has 3 rings (SSSR count). The van der Waals surface area contributed by atoms with Gasteiger partial charge in [-0.25, -0.2) is 4.98 Å². The van der Waals surface area contributed by atoms with E-state index >= 15 is 0 Å². The number of methoxy groups -OCH3 is 1. The Morgan fingerprint density at radius 1 is 1.33 bits per heavy atom. The first-order chi connectivity index (χ1) is 11.7. The molecule has 1 atom stereocenters. The molecule has 0 aliphatic carbocycles. The number of hydrogen-bond donors (Lipinski definition) is 0. The molecule has 24 heavy (non-hydrogen) atoms. The summed E-state index contributed by atoms with van der Waals surface area (Å²) in [6.07, 6.45) is 3.92. The summed E-state index contributed by atoms with van der Waals surface area (Å²) in [6, 6.07) is 1.81. The van der Waals surface area contributed by atoms with Gasteiger partial charge in [0, 0.05) is 51.0 Å². The number of carbonyl (C=O) groups is 1. The Kier molecular flexibility index (Phi) is 5.50. The molecule has 1 amide bonds. The molecule has 0 saturated carbocycles. The second-order valence-corrected chi connectivity index (χ2v) is 6.39. The van der Waals surface area contributed by atoms with Crippen LogP contribution in [0, 0.1) is 6.92 Å². The standard InChI is InChI=1S/C17H26N4O3/c1-13-12-15(23-2)19-17(18-13)21-9-7-20(8-10-21)16(22)6-5-14-4-3-11-24-14/h12,14H,3-11H2,1-2H3/t14-/m1/s1. The molecule has 0 spiro atoms. The number of rotatable bonds is 5. The molecular formula is C17H26N4O3. The fourth-order valence-electron chi connectivity index (χ4n) is 3.24. The Morgan fingerprint density at radius 3 is 2.79 bits per heavy atom. The molecule has 0 bridgehead atoms. The number of hydrogen-bond acceptors (Lipinski definition) is 6. The van der Waals surface area contributed by atoms with E-state index in [1.165, 1.54) is 0 Å². The molecule has 3 heterocycles. The lowest BCUT2D eigenvalue weighted by Crippen LogP contribution is -2.49. The average Bonchev–Trinajstić information content (AvgIpc) is 3.12. The summed E-state index contributed by atoms with van der Waals surface area (Å²) in [7, 11) is 1.61. The van der Waals surface area contributed by atoms with Crippen LogP contribution in [0.4, 0.5) is 5.95 Å². The van der Waals surface area contributed by atoms with Crippen molar-refractivity contribution in [2.24, 2.45) is 0 Å². The highest BCUT2D eigenvalue weighted by molar-refractivity contribution is 5.76. The molecule has 2 saturated heterocycles. The minimum Gasteiger partial charge on any atom is -0.481 e. The van der Waals surface area contributed by atoms with Crippen molar-refractivity contribution in [3.8, 4) is 5.88 Å². The molecule has 0 N–H and O–H groups in total. The van der Waals surface area contributed by atoms with E-state index in [4.69, 9.17) is 9.47 Å². The van der Waals surface area contributed by atoms with Crippen LogP contribution < -0.4 is 9.64 Å². The van der Waals surface area contributed by atoms with Crippen LogP contribution in [0.2, 0.25) is 0 Å². The second-order valence-electron chi connectivity index (χ2n) is 6.39. The number of ether oxygens (including phenoxy) is 2. The van der Waals surface area contributed by atoms with Crippen molar-refractivity contribution < 1.29 is 14.3 Å². The van der Waals surface area contributed by atoms with E-state index in [-0.39, 0.29) is 12.0 Å². The number of amides is 1. The molecule has 1 aromatic rings. The fourth-order valence-corrected chi connectivity index (χ4v) is 3.24. The topological polar surface area (TPSA) is 67.8 Å². The Balaban J connectivity index is 1.49. The van der Waals surface area contributed by atoms with E-state index in [0.717, 1.165) is 44.7 Å². The third-order valence-corrected chi connectivity index (χ3v) is 4.65. The van der Waals surface area contributed by atoms with Crippen LogP contribution >= 0.6 is 0 Å². The van der Waals surface area contributed by atoms with Crippen molar-refractivity contribution in [1.82, 2.24) is 14.9 Å². The average molecular weight is 334 g/mol. The highest BCUT2D eigenvalue weighted by atomic mass is 16.5. The highest BCUT2D eigenvalue weighted by Gasteiger charge is 2.24. The Hall–Kier alpha value is -1.89. The van der Waals surface area contributed by atoms with Crippen molar-refractivity contribution in [2.45, 2.75) is 38.7 Å². The summed E-state index contributed by atoms with van der Waals surface area (Å²) in [4.78, 5) is 25.3. The van der Waals surface area contributed by atoms with Gasteiger partial charge in [0.2, 0.25) is 17.7 Å². The lowest BCUT2D eigenvalue weighted by molar-refractivity contribution is -0.132. The van der Waals surface area contributed by atoms with Gasteiger partial charge >= 0.3 is 0 Å². The van der Waals surface area contributed by atoms with Crippen molar-refractivity contribution in [3.05, 3.63) is 11.8 Å². The van der Waals surface area contributed by atoms with Gasteiger partial charge in [0.1, 0.15) is 0 Å². The van der Waals surface area contributed by atoms with Crippen molar-refractivity contribution in [2.75, 3.05) is 44.8 Å². The first-order valence-electron chi connectivity index (χ1n) is 8.69. The molecule has 2 aliphatic heterocycles. The van der Waals surface area contributed by atoms with Gasteiger partial charge in [-0.05, 0) is 26.2 Å². The predicted molar refractivity (Wildman–Crippen MR) is 90.3 cm³/mol. The van der Waals surface area contributed by atoms with E-state index in [9.17, 15) is 4.79 Å². The number of aromatic nitrogens is 2. The lowest BCUT2D eigenvalue weighted by atomic mass is 10.1. The van der Waals surface area contributed by atoms with E-state index in [1.54, 1.807) is 7.11 Å². The van der Waals surface area contributed by atoms with Crippen LogP contribution in [0.15, 0.2) is 6.07 Å². The summed E-state index contributed by atoms with van der Waals surface area (Å²) in [6.45, 7) is 5.69. The van der Waals surface area contributed by atoms with Gasteiger partial charge in [0.25, 0.3) is 0 Å². The summed E-state index contributed by atoms with van der Waals surface area (Å²) in [5.74, 6) is 1.48. The third-order valence-electron chi connectivity index (χ3n) is 4.65. The molecule has 7 heteroatoms. The summed E-state index contributed by atoms with van der Waals surface area (Å²) in [5.41, 5.74) is 0.881. The number of aryl methyl sites for hydroxylation is 1. The van der Waals surface area contributed by atoms with Crippen LogP contribution in [-0.4, -0.2) is 66.8 Å². The molecule has 1 aromatic heterocycles. The molecule has 0 radical (unpaired) electrons. The number of piperazine rings is 1. The van der Waals surface area contributed by atoms with Gasteiger partial charge in [-0.1, -0.05) is 0 Å². The SMILES string of the molecule is COc1cc(C)nc(N2CCN(C(=O)CC[C@H]3CCCO3)CC2)n1. The van der Waals surface area contributed by atoms with E-state index in [2.05, 4.69) is 14.9 Å². The predicted octanol–water partition coefficient (Wildman–Crippen LogP) is 1.40. The van der Waals surface area contributed by atoms with Gasteiger partial charge in [-0.3, -0.25) is 4.79 Å². The van der Waals surface area contributed by atoms with Gasteiger partial charge < -0.3 is 19.3 Å². The van der Waals surface area contributed by atoms with Crippen LogP contribution in [0.1, 0.15) is 31.4 Å². The van der Waals surface area contributed by atoms with Gasteiger partial charge in [0.05, 0.1) is 13.2 Å². The Morgan fingerprint density at radius 2 is 2.12 bits per heavy atom. The summed E-state index contributed by atoms with van der Waals surface area (Å²) < 4.78 is 10.8. The van der Waals surface area contributed by atoms with E-state index in [0.29, 0.717) is 31.3 Å². The van der Waals surface area contributed by atoms with Crippen LogP contribution in [-0.2, 0) is 9.53 Å². The molecule has 0 aromatic carbocycles. The first kappa shape index (κ1) is 17.0. The molecule has 0 unspecified atom stereocenters. The van der Waals surface area contributed by atoms with Gasteiger partial charge in [-0.15, -0.1) is 0 Å². The fraction of sp³-hybridized carbons (Fsp3) is 0.706. The lowest BCUT2D eigenvalue weighted by Gasteiger charge is -2.35. The quantitative estimate of drug-likeness (QED) is 0.811. The second kappa shape index (κ2) is 7.79. The van der Waals surface area contributed by atoms with Crippen molar-refractivity contribution in [3.63, 3.8) is 0 Å². The van der Waals surface area contributed by atoms with Crippen molar-refractivity contribution in [1.29, 1.82) is 0 Å². The van der Waals surface area contributed by atoms with E-state index in [1.807, 2.05) is 17.9 Å². The van der Waals surface area contributed by atoms with Crippen LogP contribution in [0.5, 0.6) is 5.88 Å². The number of anilines is 1. The molecular weight excluding hydrogens is 308 g/mol. The van der Waals surface area contributed by atoms with Crippen LogP contribution in [0.3, 0.4) is 0 Å². The highest BCUT2D eigenvalue weighted by Crippen LogP contribution is 2.19. The number of carbonyl (C=O) groups excluding carboxylic acids is 1. The minimum atomic E-state index is 0.230. The van der Waals surface area contributed by atoms with Crippen molar-refractivity contribution >= 4 is 11.9 Å². The monoisotopic (exact) mass is 334 g/mol. The largest absolute Gasteiger partial charge is 0.481 e. The first-order valence-corrected chi connectivity index (χ1v) is 8.69. The summed E-state index contributed by atoms with van der Waals surface area (Å²) >= 11 is 0. The molecule has 132 valence electrons.